The Bertz CT molecular complexity index is 371. The van der Waals surface area contributed by atoms with Gasteiger partial charge in [0, 0.05) is 5.41 Å². The largest absolute Gasteiger partial charge is 0.351 e. The molecular weight excluding hydrogens is 250 g/mol. The molecule has 1 saturated heterocycles. The van der Waals surface area contributed by atoms with Crippen LogP contribution >= 0.6 is 0 Å². The van der Waals surface area contributed by atoms with Crippen molar-refractivity contribution in [3.05, 3.63) is 11.6 Å². The Morgan fingerprint density at radius 3 is 2.30 bits per heavy atom. The van der Waals surface area contributed by atoms with E-state index in [9.17, 15) is 0 Å². The predicted molar refractivity (Wildman–Crippen MR) is 82.4 cm³/mol. The zero-order chi connectivity index (χ0) is 15.0. The minimum absolute atomic E-state index is 0.0419. The molecule has 1 aliphatic heterocycles. The lowest BCUT2D eigenvalue weighted by atomic mass is 9.75. The molecule has 0 atom stereocenters. The molecule has 0 radical (unpaired) electrons. The van der Waals surface area contributed by atoms with E-state index in [1.54, 1.807) is 0 Å². The van der Waals surface area contributed by atoms with Crippen LogP contribution in [0.2, 0.25) is 0 Å². The van der Waals surface area contributed by atoms with Crippen LogP contribution in [0.1, 0.15) is 40.0 Å². The topological polar surface area (TPSA) is 18.5 Å². The van der Waals surface area contributed by atoms with Crippen molar-refractivity contribution in [1.82, 2.24) is 0 Å². The minimum Gasteiger partial charge on any atom is -0.351 e. The van der Waals surface area contributed by atoms with E-state index in [-0.39, 0.29) is 17.1 Å². The van der Waals surface area contributed by atoms with Crippen LogP contribution in [-0.4, -0.2) is 51.7 Å². The van der Waals surface area contributed by atoms with E-state index < -0.39 is 0 Å². The third-order valence-electron chi connectivity index (χ3n) is 4.53. The smallest absolute Gasteiger partial charge is 0.168 e. The van der Waals surface area contributed by atoms with Gasteiger partial charge in [0.25, 0.3) is 0 Å². The van der Waals surface area contributed by atoms with Crippen molar-refractivity contribution in [1.29, 1.82) is 0 Å². The molecule has 3 heteroatoms. The Balaban J connectivity index is 1.94. The molecule has 2 aliphatic rings. The first-order valence-corrected chi connectivity index (χ1v) is 7.81. The fraction of sp³-hybridized carbons (Fsp3) is 0.882. The number of hydrogen-bond donors (Lipinski definition) is 0. The Kier molecular flexibility index (Phi) is 4.35. The maximum Gasteiger partial charge on any atom is 0.168 e. The molecule has 1 aliphatic carbocycles. The molecule has 0 aromatic carbocycles. The van der Waals surface area contributed by atoms with Crippen molar-refractivity contribution in [2.75, 3.05) is 40.9 Å². The van der Waals surface area contributed by atoms with Gasteiger partial charge in [-0.1, -0.05) is 11.6 Å². The molecule has 3 nitrogen and oxygen atoms in total. The van der Waals surface area contributed by atoms with Gasteiger partial charge in [0.1, 0.15) is 0 Å². The van der Waals surface area contributed by atoms with Crippen molar-refractivity contribution in [3.8, 4) is 0 Å². The number of rotatable bonds is 3. The maximum absolute atomic E-state index is 6.16. The zero-order valence-corrected chi connectivity index (χ0v) is 14.2. The monoisotopic (exact) mass is 282 g/mol. The van der Waals surface area contributed by atoms with Crippen molar-refractivity contribution < 1.29 is 14.0 Å². The van der Waals surface area contributed by atoms with E-state index in [2.05, 4.69) is 48.0 Å². The van der Waals surface area contributed by atoms with Crippen molar-refractivity contribution in [2.24, 2.45) is 10.8 Å². The summed E-state index contributed by atoms with van der Waals surface area (Å²) < 4.78 is 13.2. The number of quaternary nitrogens is 1. The first-order chi connectivity index (χ1) is 9.12. The Hall–Kier alpha value is -0.380. The lowest BCUT2D eigenvalue weighted by Crippen LogP contribution is -2.53. The van der Waals surface area contributed by atoms with E-state index in [4.69, 9.17) is 9.47 Å². The van der Waals surface area contributed by atoms with Gasteiger partial charge in [-0.2, -0.15) is 0 Å². The molecular formula is C17H32NO2+. The minimum atomic E-state index is -0.0718. The third kappa shape index (κ3) is 3.84. The van der Waals surface area contributed by atoms with Crippen LogP contribution in [0.5, 0.6) is 0 Å². The van der Waals surface area contributed by atoms with Crippen LogP contribution < -0.4 is 0 Å². The molecule has 0 aromatic heterocycles. The molecule has 0 N–H and O–H groups in total. The van der Waals surface area contributed by atoms with Crippen LogP contribution in [-0.2, 0) is 9.47 Å². The van der Waals surface area contributed by atoms with Gasteiger partial charge in [0.15, 0.2) is 6.29 Å². The summed E-state index contributed by atoms with van der Waals surface area (Å²) in [7, 11) is 6.67. The highest BCUT2D eigenvalue weighted by Gasteiger charge is 2.44. The summed E-state index contributed by atoms with van der Waals surface area (Å²) in [6.45, 7) is 9.48. The molecule has 116 valence electrons. The fourth-order valence-electron chi connectivity index (χ4n) is 3.66. The molecule has 1 spiro atoms. The molecule has 0 saturated carbocycles. The fourth-order valence-corrected chi connectivity index (χ4v) is 3.66. The van der Waals surface area contributed by atoms with Gasteiger partial charge in [-0.05, 0) is 40.0 Å². The summed E-state index contributed by atoms with van der Waals surface area (Å²) in [5.41, 5.74) is 1.80. The standard InChI is InChI=1S/C17H32NO2/c1-14-7-9-17(10-8-14)12-19-15(20-13-17)16(2,3)11-18(4,5)6/h7,15H,8-13H2,1-6H3/q+1. The second-order valence-electron chi connectivity index (χ2n) is 8.65. The Morgan fingerprint density at radius 2 is 1.85 bits per heavy atom. The van der Waals surface area contributed by atoms with Crippen LogP contribution in [0.15, 0.2) is 11.6 Å². The first-order valence-electron chi connectivity index (χ1n) is 7.81. The summed E-state index contributed by atoms with van der Waals surface area (Å²) in [4.78, 5) is 0. The van der Waals surface area contributed by atoms with E-state index in [1.807, 2.05) is 0 Å². The third-order valence-corrected chi connectivity index (χ3v) is 4.53. The van der Waals surface area contributed by atoms with Crippen LogP contribution in [0.4, 0.5) is 0 Å². The molecule has 1 fully saturated rings. The summed E-state index contributed by atoms with van der Waals surface area (Å²) >= 11 is 0. The van der Waals surface area contributed by atoms with Crippen molar-refractivity contribution >= 4 is 0 Å². The van der Waals surface area contributed by atoms with E-state index >= 15 is 0 Å². The lowest BCUT2D eigenvalue weighted by Gasteiger charge is -2.46. The average Bonchev–Trinajstić information content (AvgIpc) is 2.31. The molecule has 1 heterocycles. The van der Waals surface area contributed by atoms with Gasteiger partial charge in [0.05, 0.1) is 46.3 Å². The van der Waals surface area contributed by atoms with Gasteiger partial charge in [0.2, 0.25) is 0 Å². The van der Waals surface area contributed by atoms with Gasteiger partial charge in [-0.25, -0.2) is 0 Å². The molecule has 0 amide bonds. The highest BCUT2D eigenvalue weighted by atomic mass is 16.7. The normalized spacial score (nSPS) is 32.3. The quantitative estimate of drug-likeness (QED) is 0.584. The van der Waals surface area contributed by atoms with Crippen LogP contribution in [0, 0.1) is 10.8 Å². The predicted octanol–water partition coefficient (Wildman–Crippen LogP) is 3.21. The molecule has 0 bridgehead atoms. The summed E-state index contributed by atoms with van der Waals surface area (Å²) in [5, 5.41) is 0. The molecule has 0 aromatic rings. The molecule has 2 rings (SSSR count). The van der Waals surface area contributed by atoms with E-state index in [0.717, 1.165) is 30.7 Å². The van der Waals surface area contributed by atoms with E-state index in [0.29, 0.717) is 0 Å². The number of allylic oxidation sites excluding steroid dienone is 2. The Morgan fingerprint density at radius 1 is 1.25 bits per heavy atom. The molecule has 0 unspecified atom stereocenters. The lowest BCUT2D eigenvalue weighted by molar-refractivity contribution is -0.878. The number of ether oxygens (including phenoxy) is 2. The zero-order valence-electron chi connectivity index (χ0n) is 14.2. The summed E-state index contributed by atoms with van der Waals surface area (Å²) in [6, 6.07) is 0. The number of nitrogens with zero attached hydrogens (tertiary/aromatic N) is 1. The van der Waals surface area contributed by atoms with Gasteiger partial charge in [-0.15, -0.1) is 0 Å². The van der Waals surface area contributed by atoms with Gasteiger partial charge >= 0.3 is 0 Å². The SMILES string of the molecule is CC1=CCC2(CC1)COC(C(C)(C)C[N+](C)(C)C)OC2. The van der Waals surface area contributed by atoms with E-state index in [1.165, 1.54) is 18.4 Å². The summed E-state index contributed by atoms with van der Waals surface area (Å²) in [6.07, 6.45) is 5.81. The molecule has 20 heavy (non-hydrogen) atoms. The summed E-state index contributed by atoms with van der Waals surface area (Å²) in [5.74, 6) is 0. The van der Waals surface area contributed by atoms with Crippen molar-refractivity contribution in [2.45, 2.75) is 46.3 Å². The highest BCUT2D eigenvalue weighted by molar-refractivity contribution is 5.07. The maximum atomic E-state index is 6.16. The average molecular weight is 282 g/mol. The van der Waals surface area contributed by atoms with Crippen LogP contribution in [0.25, 0.3) is 0 Å². The van der Waals surface area contributed by atoms with Crippen molar-refractivity contribution in [3.63, 3.8) is 0 Å². The second kappa shape index (κ2) is 5.43. The highest BCUT2D eigenvalue weighted by Crippen LogP contribution is 2.41. The van der Waals surface area contributed by atoms with Crippen LogP contribution in [0.3, 0.4) is 0 Å². The number of hydrogen-bond acceptors (Lipinski definition) is 2. The van der Waals surface area contributed by atoms with Gasteiger partial charge < -0.3 is 14.0 Å². The second-order valence-corrected chi connectivity index (χ2v) is 8.65. The Labute approximate surface area is 124 Å². The first kappa shape index (κ1) is 16.0. The van der Waals surface area contributed by atoms with Gasteiger partial charge in [-0.3, -0.25) is 0 Å².